The van der Waals surface area contributed by atoms with Crippen molar-refractivity contribution in [1.29, 1.82) is 0 Å². The number of nitrogens with zero attached hydrogens (tertiary/aromatic N) is 1. The molecule has 2 atom stereocenters. The van der Waals surface area contributed by atoms with Gasteiger partial charge in [-0.05, 0) is 12.8 Å². The molecule has 0 saturated carbocycles. The highest BCUT2D eigenvalue weighted by molar-refractivity contribution is 7.47. The number of likely N-dealkylation sites (N-methyl/N-ethyl adjacent to an activating group) is 1. The van der Waals surface area contributed by atoms with Crippen LogP contribution in [0, 0.1) is 0 Å². The number of phosphoric acid groups is 1. The van der Waals surface area contributed by atoms with Gasteiger partial charge in [0.2, 0.25) is 0 Å². The molecule has 1 unspecified atom stereocenters. The Morgan fingerprint density at radius 2 is 0.703 bits per heavy atom. The topological polar surface area (TPSA) is 108 Å². The quantitative estimate of drug-likeness (QED) is 0.0278. The summed E-state index contributed by atoms with van der Waals surface area (Å²) < 4.78 is 34.5. The third-order valence-corrected chi connectivity index (χ3v) is 13.6. The number of hydrogen-bond acceptors (Lipinski definition) is 7. The first-order valence-corrected chi connectivity index (χ1v) is 29.3. The Morgan fingerprint density at radius 1 is 0.422 bits per heavy atom. The smallest absolute Gasteiger partial charge is 0.462 e. The molecule has 0 bridgehead atoms. The number of ether oxygens (including phenoxy) is 2. The zero-order valence-corrected chi connectivity index (χ0v) is 44.2. The summed E-state index contributed by atoms with van der Waals surface area (Å²) >= 11 is 0. The molecule has 0 saturated heterocycles. The highest BCUT2D eigenvalue weighted by atomic mass is 31.2. The van der Waals surface area contributed by atoms with Gasteiger partial charge in [0.05, 0.1) is 27.7 Å². The number of hydrogen-bond donors (Lipinski definition) is 1. The van der Waals surface area contributed by atoms with E-state index in [2.05, 4.69) is 13.8 Å². The summed E-state index contributed by atoms with van der Waals surface area (Å²) in [5.41, 5.74) is 0. The zero-order chi connectivity index (χ0) is 47.1. The molecule has 10 heteroatoms. The van der Waals surface area contributed by atoms with Gasteiger partial charge >= 0.3 is 19.8 Å². The van der Waals surface area contributed by atoms with E-state index in [0.717, 1.165) is 38.5 Å². The minimum Gasteiger partial charge on any atom is -0.462 e. The van der Waals surface area contributed by atoms with E-state index in [-0.39, 0.29) is 25.6 Å². The van der Waals surface area contributed by atoms with E-state index < -0.39 is 26.5 Å². The van der Waals surface area contributed by atoms with Gasteiger partial charge in [-0.2, -0.15) is 0 Å². The minimum atomic E-state index is -4.37. The molecule has 0 aliphatic carbocycles. The van der Waals surface area contributed by atoms with Crippen LogP contribution >= 0.6 is 7.82 Å². The van der Waals surface area contributed by atoms with Crippen LogP contribution in [0.3, 0.4) is 0 Å². The lowest BCUT2D eigenvalue weighted by Gasteiger charge is -2.24. The third-order valence-electron chi connectivity index (χ3n) is 12.6. The maximum absolute atomic E-state index is 12.8. The number of esters is 2. The van der Waals surface area contributed by atoms with Gasteiger partial charge in [-0.3, -0.25) is 18.6 Å². The average molecular weight is 931 g/mol. The molecule has 0 heterocycles. The summed E-state index contributed by atoms with van der Waals surface area (Å²) in [4.78, 5) is 35.6. The molecule has 0 aliphatic rings. The predicted molar refractivity (Wildman–Crippen MR) is 271 cm³/mol. The fourth-order valence-corrected chi connectivity index (χ4v) is 9.05. The Morgan fingerprint density at radius 3 is 1.00 bits per heavy atom. The van der Waals surface area contributed by atoms with Crippen molar-refractivity contribution in [2.75, 3.05) is 47.5 Å². The van der Waals surface area contributed by atoms with Gasteiger partial charge in [-0.15, -0.1) is 0 Å². The van der Waals surface area contributed by atoms with Gasteiger partial charge in [0.15, 0.2) is 6.10 Å². The van der Waals surface area contributed by atoms with E-state index >= 15 is 0 Å². The number of unbranched alkanes of at least 4 members (excludes halogenated alkanes) is 38. The Hall–Kier alpha value is -0.990. The molecule has 1 N–H and O–H groups in total. The molecular weight excluding hydrogens is 822 g/mol. The summed E-state index contributed by atoms with van der Waals surface area (Å²) in [5.74, 6) is -0.775. The Bertz CT molecular complexity index is 1050. The Labute approximate surface area is 397 Å². The van der Waals surface area contributed by atoms with Crippen LogP contribution in [-0.2, 0) is 32.7 Å². The largest absolute Gasteiger partial charge is 0.472 e. The van der Waals surface area contributed by atoms with Crippen molar-refractivity contribution in [3.05, 3.63) is 0 Å². The predicted octanol–water partition coefficient (Wildman–Crippen LogP) is 16.7. The highest BCUT2D eigenvalue weighted by Crippen LogP contribution is 2.43. The van der Waals surface area contributed by atoms with Crippen LogP contribution in [-0.4, -0.2) is 74.9 Å². The lowest BCUT2D eigenvalue weighted by Crippen LogP contribution is -2.37. The molecule has 0 aliphatic heterocycles. The Balaban J connectivity index is 4.12. The molecule has 0 aromatic rings. The monoisotopic (exact) mass is 931 g/mol. The van der Waals surface area contributed by atoms with Crippen LogP contribution in [0.15, 0.2) is 0 Å². The molecule has 0 radical (unpaired) electrons. The molecule has 0 amide bonds. The van der Waals surface area contributed by atoms with Crippen molar-refractivity contribution >= 4 is 19.8 Å². The number of carbonyl (C=O) groups excluding carboxylic acids is 2. The van der Waals surface area contributed by atoms with E-state index in [9.17, 15) is 19.0 Å². The normalized spacial score (nSPS) is 13.3. The first-order chi connectivity index (χ1) is 31.0. The summed E-state index contributed by atoms with van der Waals surface area (Å²) in [6, 6.07) is 0. The van der Waals surface area contributed by atoms with Crippen molar-refractivity contribution < 1.29 is 42.1 Å². The maximum atomic E-state index is 12.8. The number of phosphoric ester groups is 1. The minimum absolute atomic E-state index is 0.0373. The van der Waals surface area contributed by atoms with Crippen LogP contribution in [0.1, 0.15) is 284 Å². The van der Waals surface area contributed by atoms with E-state index in [1.54, 1.807) is 0 Å². The number of rotatable bonds is 52. The fourth-order valence-electron chi connectivity index (χ4n) is 8.31. The summed E-state index contributed by atoms with van der Waals surface area (Å²) in [5, 5.41) is 0. The summed E-state index contributed by atoms with van der Waals surface area (Å²) in [7, 11) is 1.50. The van der Waals surface area contributed by atoms with Crippen molar-refractivity contribution in [1.82, 2.24) is 0 Å². The standard InChI is InChI=1S/C54H108NO8P/c1-6-8-10-12-14-16-18-20-22-24-25-26-27-28-29-31-32-34-36-38-40-42-44-46-53(56)60-50-52(51-62-64(58,59)61-49-48-55(3,4)5)63-54(57)47-45-43-41-39-37-35-33-30-23-21-19-17-15-13-11-9-7-2/h52H,6-51H2,1-5H3/p+1/t52-/m0/s1. The second-order valence-corrected chi connectivity index (χ2v) is 21.8. The van der Waals surface area contributed by atoms with E-state index in [1.807, 2.05) is 21.1 Å². The molecule has 382 valence electrons. The highest BCUT2D eigenvalue weighted by Gasteiger charge is 2.27. The van der Waals surface area contributed by atoms with Gasteiger partial charge in [-0.1, -0.05) is 258 Å². The first kappa shape index (κ1) is 63.0. The van der Waals surface area contributed by atoms with Crippen molar-refractivity contribution in [3.8, 4) is 0 Å². The van der Waals surface area contributed by atoms with Crippen LogP contribution < -0.4 is 0 Å². The van der Waals surface area contributed by atoms with Crippen molar-refractivity contribution in [2.24, 2.45) is 0 Å². The van der Waals surface area contributed by atoms with E-state index in [4.69, 9.17) is 18.5 Å². The lowest BCUT2D eigenvalue weighted by atomic mass is 10.0. The van der Waals surface area contributed by atoms with Crippen LogP contribution in [0.25, 0.3) is 0 Å². The number of carbonyl (C=O) groups is 2. The lowest BCUT2D eigenvalue weighted by molar-refractivity contribution is -0.870. The molecule has 64 heavy (non-hydrogen) atoms. The molecule has 0 rings (SSSR count). The third kappa shape index (κ3) is 50.4. The zero-order valence-electron chi connectivity index (χ0n) is 43.3. The molecular formula is C54H109NO8P+. The van der Waals surface area contributed by atoms with Gasteiger partial charge in [0.1, 0.15) is 19.8 Å². The molecule has 9 nitrogen and oxygen atoms in total. The SMILES string of the molecule is CCCCCCCCCCCCCCCCCCCCCCCCCC(=O)OC[C@@H](COP(=O)(O)OCC[N+](C)(C)C)OC(=O)CCCCCCCCCCCCCCCCCCC. The second kappa shape index (κ2) is 47.1. The fraction of sp³-hybridized carbons (Fsp3) is 0.963. The molecule has 0 aromatic carbocycles. The van der Waals surface area contributed by atoms with E-state index in [0.29, 0.717) is 17.4 Å². The van der Waals surface area contributed by atoms with Gasteiger partial charge in [-0.25, -0.2) is 4.57 Å². The molecule has 0 aromatic heterocycles. The van der Waals surface area contributed by atoms with Crippen LogP contribution in [0.5, 0.6) is 0 Å². The second-order valence-electron chi connectivity index (χ2n) is 20.3. The maximum Gasteiger partial charge on any atom is 0.472 e. The van der Waals surface area contributed by atoms with Gasteiger partial charge in [0.25, 0.3) is 0 Å². The van der Waals surface area contributed by atoms with E-state index in [1.165, 1.54) is 218 Å². The number of quaternary nitrogens is 1. The van der Waals surface area contributed by atoms with Crippen LogP contribution in [0.4, 0.5) is 0 Å². The Kier molecular flexibility index (Phi) is 46.4. The molecule has 0 fully saturated rings. The van der Waals surface area contributed by atoms with Crippen molar-refractivity contribution in [3.63, 3.8) is 0 Å². The van der Waals surface area contributed by atoms with Crippen LogP contribution in [0.2, 0.25) is 0 Å². The first-order valence-electron chi connectivity index (χ1n) is 27.8. The average Bonchev–Trinajstić information content (AvgIpc) is 3.25. The van der Waals surface area contributed by atoms with Gasteiger partial charge in [0, 0.05) is 12.8 Å². The summed E-state index contributed by atoms with van der Waals surface area (Å²) in [6.07, 6.45) is 51.6. The van der Waals surface area contributed by atoms with Crippen molar-refractivity contribution in [2.45, 2.75) is 290 Å². The van der Waals surface area contributed by atoms with Gasteiger partial charge < -0.3 is 18.9 Å². The molecule has 0 spiro atoms. The summed E-state index contributed by atoms with van der Waals surface area (Å²) in [6.45, 7) is 4.50.